The molecule has 0 amide bonds. The molecule has 0 atom stereocenters. The minimum atomic E-state index is -3.42. The van der Waals surface area contributed by atoms with Gasteiger partial charge in [0, 0.05) is 19.6 Å². The molecule has 0 aromatic carbocycles. The molecule has 0 aromatic rings. The lowest BCUT2D eigenvalue weighted by molar-refractivity contribution is 0.487. The Kier molecular flexibility index (Phi) is 11.4. The highest BCUT2D eigenvalue weighted by Crippen LogP contribution is 2.28. The average Bonchev–Trinajstić information content (AvgIpc) is 2.86. The highest BCUT2D eigenvalue weighted by atomic mass is 127. The zero-order chi connectivity index (χ0) is 14.8. The van der Waals surface area contributed by atoms with Crippen molar-refractivity contribution in [2.45, 2.75) is 45.4 Å². The topological polar surface area (TPSA) is 96.6 Å². The molecule has 1 saturated carbocycles. The third kappa shape index (κ3) is 11.2. The number of nitrogens with zero attached hydrogens (tertiary/aromatic N) is 1. The molecule has 0 unspecified atom stereocenters. The minimum Gasteiger partial charge on any atom is -0.357 e. The van der Waals surface area contributed by atoms with Crippen molar-refractivity contribution >= 4 is 40.0 Å². The molecule has 4 N–H and O–H groups in total. The van der Waals surface area contributed by atoms with Gasteiger partial charge in [-0.3, -0.25) is 4.99 Å². The Labute approximate surface area is 145 Å². The van der Waals surface area contributed by atoms with Gasteiger partial charge in [0.05, 0.1) is 5.75 Å². The van der Waals surface area contributed by atoms with Crippen molar-refractivity contribution in [1.82, 2.24) is 10.6 Å². The predicted octanol–water partition coefficient (Wildman–Crippen LogP) is 1.42. The maximum Gasteiger partial charge on any atom is 0.210 e. The maximum atomic E-state index is 10.9. The van der Waals surface area contributed by atoms with E-state index in [1.807, 2.05) is 6.92 Å². The number of halogens is 1. The maximum absolute atomic E-state index is 10.9. The lowest BCUT2D eigenvalue weighted by Crippen LogP contribution is -2.40. The molecule has 0 radical (unpaired) electrons. The van der Waals surface area contributed by atoms with Crippen LogP contribution >= 0.6 is 24.0 Å². The molecule has 0 aromatic heterocycles. The third-order valence-corrected chi connectivity index (χ3v) is 4.31. The molecule has 0 aliphatic heterocycles. The lowest BCUT2D eigenvalue weighted by atomic mass is 10.0. The second-order valence-electron chi connectivity index (χ2n) is 5.35. The van der Waals surface area contributed by atoms with Crippen LogP contribution in [-0.2, 0) is 10.0 Å². The molecule has 1 rings (SSSR count). The van der Waals surface area contributed by atoms with Gasteiger partial charge in [0.25, 0.3) is 0 Å². The summed E-state index contributed by atoms with van der Waals surface area (Å²) in [5.74, 6) is 1.48. The summed E-state index contributed by atoms with van der Waals surface area (Å²) in [5, 5.41) is 11.0. The number of rotatable bonds is 8. The first-order valence-corrected chi connectivity index (χ1v) is 9.25. The molecule has 1 aliphatic carbocycles. The van der Waals surface area contributed by atoms with Crippen LogP contribution in [0.25, 0.3) is 0 Å². The molecule has 21 heavy (non-hydrogen) atoms. The van der Waals surface area contributed by atoms with Crippen molar-refractivity contribution in [2.75, 3.05) is 25.4 Å². The zero-order valence-corrected chi connectivity index (χ0v) is 16.0. The third-order valence-electron chi connectivity index (χ3n) is 3.54. The van der Waals surface area contributed by atoms with Crippen molar-refractivity contribution in [1.29, 1.82) is 0 Å². The van der Waals surface area contributed by atoms with Crippen LogP contribution in [0.3, 0.4) is 0 Å². The summed E-state index contributed by atoms with van der Waals surface area (Å²) in [4.78, 5) is 4.45. The number of hydrogen-bond donors (Lipinski definition) is 3. The summed E-state index contributed by atoms with van der Waals surface area (Å²) in [7, 11) is -3.42. The largest absolute Gasteiger partial charge is 0.357 e. The molecule has 0 heterocycles. The predicted molar refractivity (Wildman–Crippen MR) is 98.6 cm³/mol. The van der Waals surface area contributed by atoms with Gasteiger partial charge in [-0.15, -0.1) is 24.0 Å². The molecule has 0 spiro atoms. The van der Waals surface area contributed by atoms with Crippen molar-refractivity contribution in [2.24, 2.45) is 16.0 Å². The fraction of sp³-hybridized carbons (Fsp3) is 0.923. The number of primary sulfonamides is 1. The molecular formula is C13H29IN4O2S. The van der Waals surface area contributed by atoms with E-state index in [2.05, 4.69) is 15.6 Å². The Bertz CT molecular complexity index is 395. The summed E-state index contributed by atoms with van der Waals surface area (Å²) in [5.41, 5.74) is 0. The van der Waals surface area contributed by atoms with E-state index in [0.29, 0.717) is 5.96 Å². The standard InChI is InChI=1S/C13H28N4O2S.HI/c1-2-15-13(17-10-11-20(14,18)19)16-9-5-8-12-6-3-4-7-12;/h12H,2-11H2,1H3,(H2,14,18,19)(H2,15,16,17);1H. The van der Waals surface area contributed by atoms with Gasteiger partial charge in [0.2, 0.25) is 10.0 Å². The van der Waals surface area contributed by atoms with E-state index in [4.69, 9.17) is 5.14 Å². The van der Waals surface area contributed by atoms with Crippen molar-refractivity contribution < 1.29 is 8.42 Å². The van der Waals surface area contributed by atoms with Crippen molar-refractivity contribution in [3.05, 3.63) is 0 Å². The van der Waals surface area contributed by atoms with E-state index < -0.39 is 10.0 Å². The SMILES string of the molecule is CCNC(=NCCCC1CCCC1)NCCS(N)(=O)=O.I. The van der Waals surface area contributed by atoms with Gasteiger partial charge in [-0.25, -0.2) is 13.6 Å². The van der Waals surface area contributed by atoms with E-state index >= 15 is 0 Å². The van der Waals surface area contributed by atoms with Crippen LogP contribution < -0.4 is 15.8 Å². The number of nitrogens with two attached hydrogens (primary N) is 1. The monoisotopic (exact) mass is 432 g/mol. The van der Waals surface area contributed by atoms with Gasteiger partial charge in [0.1, 0.15) is 0 Å². The Morgan fingerprint density at radius 3 is 2.52 bits per heavy atom. The Morgan fingerprint density at radius 1 is 1.29 bits per heavy atom. The summed E-state index contributed by atoms with van der Waals surface area (Å²) in [6, 6.07) is 0. The average molecular weight is 432 g/mol. The first-order chi connectivity index (χ1) is 9.51. The fourth-order valence-corrected chi connectivity index (χ4v) is 2.91. The second-order valence-corrected chi connectivity index (χ2v) is 7.08. The van der Waals surface area contributed by atoms with Gasteiger partial charge in [-0.2, -0.15) is 0 Å². The van der Waals surface area contributed by atoms with Crippen LogP contribution in [0.5, 0.6) is 0 Å². The molecule has 126 valence electrons. The van der Waals surface area contributed by atoms with Gasteiger partial charge >= 0.3 is 0 Å². The van der Waals surface area contributed by atoms with E-state index in [-0.39, 0.29) is 36.3 Å². The van der Waals surface area contributed by atoms with Crippen LogP contribution in [0.15, 0.2) is 4.99 Å². The quantitative estimate of drug-likeness (QED) is 0.234. The fourth-order valence-electron chi connectivity index (χ4n) is 2.52. The highest BCUT2D eigenvalue weighted by Gasteiger charge is 2.13. The Hall–Kier alpha value is -0.0900. The van der Waals surface area contributed by atoms with Crippen LogP contribution in [0.4, 0.5) is 0 Å². The zero-order valence-electron chi connectivity index (χ0n) is 12.8. The first kappa shape index (κ1) is 20.9. The highest BCUT2D eigenvalue weighted by molar-refractivity contribution is 14.0. The van der Waals surface area contributed by atoms with Crippen molar-refractivity contribution in [3.63, 3.8) is 0 Å². The van der Waals surface area contributed by atoms with Gasteiger partial charge in [-0.05, 0) is 25.7 Å². The van der Waals surface area contributed by atoms with E-state index in [1.165, 1.54) is 32.1 Å². The molecule has 1 fully saturated rings. The van der Waals surface area contributed by atoms with Gasteiger partial charge < -0.3 is 10.6 Å². The Balaban J connectivity index is 0.00000400. The number of hydrogen-bond acceptors (Lipinski definition) is 3. The first-order valence-electron chi connectivity index (χ1n) is 7.54. The van der Waals surface area contributed by atoms with E-state index in [9.17, 15) is 8.42 Å². The van der Waals surface area contributed by atoms with Crippen LogP contribution in [0.2, 0.25) is 0 Å². The summed E-state index contributed by atoms with van der Waals surface area (Å²) < 4.78 is 21.7. The molecule has 6 nitrogen and oxygen atoms in total. The summed E-state index contributed by atoms with van der Waals surface area (Å²) in [6.07, 6.45) is 7.85. The Morgan fingerprint density at radius 2 is 1.95 bits per heavy atom. The van der Waals surface area contributed by atoms with E-state index in [0.717, 1.165) is 25.4 Å². The molecule has 1 aliphatic rings. The lowest BCUT2D eigenvalue weighted by Gasteiger charge is -2.11. The number of guanidine groups is 1. The molecule has 8 heteroatoms. The molecule has 0 bridgehead atoms. The summed E-state index contributed by atoms with van der Waals surface area (Å²) >= 11 is 0. The van der Waals surface area contributed by atoms with Crippen LogP contribution in [0.1, 0.15) is 45.4 Å². The van der Waals surface area contributed by atoms with Gasteiger partial charge in [0.15, 0.2) is 5.96 Å². The van der Waals surface area contributed by atoms with Gasteiger partial charge in [-0.1, -0.05) is 25.7 Å². The number of nitrogens with one attached hydrogen (secondary N) is 2. The normalized spacial score (nSPS) is 16.6. The number of aliphatic imine (C=N–C) groups is 1. The summed E-state index contributed by atoms with van der Waals surface area (Å²) in [6.45, 7) is 3.80. The molecular weight excluding hydrogens is 403 g/mol. The van der Waals surface area contributed by atoms with Crippen LogP contribution in [0, 0.1) is 5.92 Å². The molecule has 0 saturated heterocycles. The number of sulfonamides is 1. The second kappa shape index (κ2) is 11.5. The minimum absolute atomic E-state index is 0. The van der Waals surface area contributed by atoms with E-state index in [1.54, 1.807) is 0 Å². The smallest absolute Gasteiger partial charge is 0.210 e. The van der Waals surface area contributed by atoms with Crippen molar-refractivity contribution in [3.8, 4) is 0 Å². The van der Waals surface area contributed by atoms with Crippen LogP contribution in [-0.4, -0.2) is 39.8 Å².